The molecule has 0 saturated carbocycles. The van der Waals surface area contributed by atoms with Gasteiger partial charge in [-0.3, -0.25) is 4.90 Å². The predicted molar refractivity (Wildman–Crippen MR) is 89.9 cm³/mol. The molecular formula is C18H27F2N3O. The predicted octanol–water partition coefficient (Wildman–Crippen LogP) is 1.57. The van der Waals surface area contributed by atoms with E-state index >= 15 is 0 Å². The van der Waals surface area contributed by atoms with Crippen LogP contribution in [0.25, 0.3) is 0 Å². The summed E-state index contributed by atoms with van der Waals surface area (Å²) in [6, 6.07) is 6.34. The normalized spacial score (nSPS) is 33.3. The second-order valence-corrected chi connectivity index (χ2v) is 7.07. The highest BCUT2D eigenvalue weighted by molar-refractivity contribution is 5.05. The number of ether oxygens (including phenoxy) is 1. The number of fused-ring (bicyclic) bond motifs is 1. The maximum Gasteiger partial charge on any atom is 0.123 e. The fourth-order valence-corrected chi connectivity index (χ4v) is 3.93. The van der Waals surface area contributed by atoms with E-state index in [4.69, 9.17) is 4.74 Å². The van der Waals surface area contributed by atoms with Crippen molar-refractivity contribution in [1.82, 2.24) is 15.1 Å². The van der Waals surface area contributed by atoms with Crippen LogP contribution in [0, 0.1) is 17.6 Å². The molecule has 0 radical (unpaired) electrons. The summed E-state index contributed by atoms with van der Waals surface area (Å²) in [6.07, 6.45) is 1.25. The van der Waals surface area contributed by atoms with Crippen molar-refractivity contribution in [1.29, 1.82) is 0 Å². The van der Waals surface area contributed by atoms with E-state index in [1.807, 2.05) is 7.05 Å². The van der Waals surface area contributed by atoms with E-state index in [0.717, 1.165) is 49.4 Å². The molecule has 1 aromatic carbocycles. The Hall–Kier alpha value is -1.08. The van der Waals surface area contributed by atoms with Crippen molar-refractivity contribution in [2.24, 2.45) is 5.92 Å². The highest BCUT2D eigenvalue weighted by Gasteiger charge is 2.45. The van der Waals surface area contributed by atoms with Crippen LogP contribution in [0.4, 0.5) is 8.78 Å². The fourth-order valence-electron chi connectivity index (χ4n) is 3.93. The molecule has 1 aromatic rings. The first-order valence-corrected chi connectivity index (χ1v) is 8.67. The van der Waals surface area contributed by atoms with Gasteiger partial charge in [-0.1, -0.05) is 0 Å². The first kappa shape index (κ1) is 17.7. The third kappa shape index (κ3) is 4.11. The molecule has 0 aromatic heterocycles. The van der Waals surface area contributed by atoms with Crippen LogP contribution in [-0.2, 0) is 4.74 Å². The van der Waals surface area contributed by atoms with Crippen molar-refractivity contribution in [3.05, 3.63) is 35.9 Å². The standard InChI is InChI=1S/C12H23N3O.C6H4F2/c1-13-10-3-11(8-16-7-10)15-5-9-4-14(2)12(9)6-15;7-5-1-2-6(8)4-3-5/h9-13H,3-8H2,1-2H3;1-4H. The summed E-state index contributed by atoms with van der Waals surface area (Å²) >= 11 is 0. The SMILES string of the molecule is CNC1COCC(N2CC3CN(C)C3C2)C1.Fc1ccc(F)cc1. The Morgan fingerprint density at radius 2 is 1.71 bits per heavy atom. The van der Waals surface area contributed by atoms with E-state index in [1.54, 1.807) is 0 Å². The maximum absolute atomic E-state index is 11.9. The quantitative estimate of drug-likeness (QED) is 0.885. The maximum atomic E-state index is 11.9. The number of hydrogen-bond acceptors (Lipinski definition) is 4. The summed E-state index contributed by atoms with van der Waals surface area (Å²) in [4.78, 5) is 5.15. The Morgan fingerprint density at radius 1 is 1.04 bits per heavy atom. The first-order chi connectivity index (χ1) is 11.6. The number of nitrogens with zero attached hydrogens (tertiary/aromatic N) is 2. The smallest absolute Gasteiger partial charge is 0.123 e. The molecule has 3 heterocycles. The molecule has 134 valence electrons. The van der Waals surface area contributed by atoms with Gasteiger partial charge in [0.25, 0.3) is 0 Å². The van der Waals surface area contributed by atoms with Gasteiger partial charge in [0.15, 0.2) is 0 Å². The summed E-state index contributed by atoms with van der Waals surface area (Å²) in [5.41, 5.74) is 0. The lowest BCUT2D eigenvalue weighted by Gasteiger charge is -2.40. The molecule has 0 amide bonds. The van der Waals surface area contributed by atoms with Crippen LogP contribution in [0.1, 0.15) is 6.42 Å². The van der Waals surface area contributed by atoms with Gasteiger partial charge in [-0.25, -0.2) is 8.78 Å². The van der Waals surface area contributed by atoms with E-state index in [1.165, 1.54) is 26.1 Å². The molecule has 4 nitrogen and oxygen atoms in total. The molecule has 3 aliphatic rings. The molecule has 0 bridgehead atoms. The van der Waals surface area contributed by atoms with Gasteiger partial charge in [0.2, 0.25) is 0 Å². The minimum absolute atomic E-state index is 0.411. The fraction of sp³-hybridized carbons (Fsp3) is 0.667. The highest BCUT2D eigenvalue weighted by atomic mass is 19.1. The Balaban J connectivity index is 0.000000179. The number of rotatable bonds is 2. The van der Waals surface area contributed by atoms with Gasteiger partial charge >= 0.3 is 0 Å². The van der Waals surface area contributed by atoms with E-state index < -0.39 is 11.6 Å². The lowest BCUT2D eigenvalue weighted by molar-refractivity contribution is 0.00757. The van der Waals surface area contributed by atoms with Crippen molar-refractivity contribution in [3.8, 4) is 0 Å². The minimum atomic E-state index is -0.411. The monoisotopic (exact) mass is 339 g/mol. The summed E-state index contributed by atoms with van der Waals surface area (Å²) in [5.74, 6) is 0.109. The number of likely N-dealkylation sites (tertiary alicyclic amines) is 2. The van der Waals surface area contributed by atoms with Crippen LogP contribution in [0.5, 0.6) is 0 Å². The van der Waals surface area contributed by atoms with Crippen molar-refractivity contribution in [2.45, 2.75) is 24.5 Å². The molecule has 3 saturated heterocycles. The molecule has 6 heteroatoms. The number of benzene rings is 1. The molecule has 0 spiro atoms. The van der Waals surface area contributed by atoms with Crippen LogP contribution in [0.2, 0.25) is 0 Å². The van der Waals surface area contributed by atoms with E-state index in [0.29, 0.717) is 12.1 Å². The average Bonchev–Trinajstić information content (AvgIpc) is 2.95. The van der Waals surface area contributed by atoms with Gasteiger partial charge in [0.05, 0.1) is 13.2 Å². The molecule has 4 atom stereocenters. The highest BCUT2D eigenvalue weighted by Crippen LogP contribution is 2.33. The Labute approximate surface area is 142 Å². The van der Waals surface area contributed by atoms with Crippen molar-refractivity contribution >= 4 is 0 Å². The molecule has 1 N–H and O–H groups in total. The lowest BCUT2D eigenvalue weighted by atomic mass is 9.93. The first-order valence-electron chi connectivity index (χ1n) is 8.67. The summed E-state index contributed by atoms with van der Waals surface area (Å²) < 4.78 is 29.5. The number of nitrogens with one attached hydrogen (secondary N) is 1. The van der Waals surface area contributed by atoms with Crippen LogP contribution in [0.15, 0.2) is 24.3 Å². The van der Waals surface area contributed by atoms with Gasteiger partial charge in [-0.2, -0.15) is 0 Å². The van der Waals surface area contributed by atoms with Crippen molar-refractivity contribution in [3.63, 3.8) is 0 Å². The zero-order valence-corrected chi connectivity index (χ0v) is 14.4. The molecule has 3 fully saturated rings. The zero-order valence-electron chi connectivity index (χ0n) is 14.4. The van der Waals surface area contributed by atoms with Gasteiger partial charge in [-0.05, 0) is 44.8 Å². The Bertz CT molecular complexity index is 505. The van der Waals surface area contributed by atoms with Gasteiger partial charge in [-0.15, -0.1) is 0 Å². The van der Waals surface area contributed by atoms with Gasteiger partial charge < -0.3 is 15.0 Å². The van der Waals surface area contributed by atoms with Crippen LogP contribution < -0.4 is 5.32 Å². The second-order valence-electron chi connectivity index (χ2n) is 7.07. The Morgan fingerprint density at radius 3 is 2.25 bits per heavy atom. The number of hydrogen-bond donors (Lipinski definition) is 1. The Kier molecular flexibility index (Phi) is 5.81. The summed E-state index contributed by atoms with van der Waals surface area (Å²) in [5, 5.41) is 3.34. The second kappa shape index (κ2) is 7.87. The largest absolute Gasteiger partial charge is 0.378 e. The number of likely N-dealkylation sites (N-methyl/N-ethyl adjacent to an activating group) is 2. The third-order valence-electron chi connectivity index (χ3n) is 5.44. The molecule has 0 aliphatic carbocycles. The molecule has 4 unspecified atom stereocenters. The van der Waals surface area contributed by atoms with E-state index in [9.17, 15) is 8.78 Å². The molecule has 24 heavy (non-hydrogen) atoms. The minimum Gasteiger partial charge on any atom is -0.378 e. The molecule has 4 rings (SSSR count). The summed E-state index contributed by atoms with van der Waals surface area (Å²) in [7, 11) is 4.29. The lowest BCUT2D eigenvalue weighted by Crippen LogP contribution is -2.53. The number of halogens is 2. The molecule has 3 aliphatic heterocycles. The van der Waals surface area contributed by atoms with E-state index in [2.05, 4.69) is 22.2 Å². The van der Waals surface area contributed by atoms with Crippen molar-refractivity contribution in [2.75, 3.05) is 46.9 Å². The third-order valence-corrected chi connectivity index (χ3v) is 5.44. The molecular weight excluding hydrogens is 312 g/mol. The van der Waals surface area contributed by atoms with Crippen LogP contribution >= 0.6 is 0 Å². The van der Waals surface area contributed by atoms with Crippen LogP contribution in [0.3, 0.4) is 0 Å². The summed E-state index contributed by atoms with van der Waals surface area (Å²) in [6.45, 7) is 5.66. The van der Waals surface area contributed by atoms with Crippen molar-refractivity contribution < 1.29 is 13.5 Å². The van der Waals surface area contributed by atoms with Gasteiger partial charge in [0.1, 0.15) is 11.6 Å². The zero-order chi connectivity index (χ0) is 17.1. The average molecular weight is 339 g/mol. The van der Waals surface area contributed by atoms with E-state index in [-0.39, 0.29) is 0 Å². The van der Waals surface area contributed by atoms with Gasteiger partial charge in [0, 0.05) is 43.7 Å². The van der Waals surface area contributed by atoms with Crippen LogP contribution in [-0.4, -0.2) is 74.9 Å². The topological polar surface area (TPSA) is 27.7 Å².